The molecule has 0 saturated heterocycles. The molecule has 1 atom stereocenters. The third kappa shape index (κ3) is 6.90. The molecule has 3 aromatic carbocycles. The fourth-order valence-electron chi connectivity index (χ4n) is 4.09. The summed E-state index contributed by atoms with van der Waals surface area (Å²) in [5, 5.41) is 3.12. The summed E-state index contributed by atoms with van der Waals surface area (Å²) in [6, 6.07) is 17.3. The monoisotopic (exact) mass is 559 g/mol. The quantitative estimate of drug-likeness (QED) is 0.361. The van der Waals surface area contributed by atoms with Crippen molar-refractivity contribution in [3.05, 3.63) is 94.8 Å². The van der Waals surface area contributed by atoms with Gasteiger partial charge in [0.25, 0.3) is 10.0 Å². The molecule has 38 heavy (non-hydrogen) atoms. The second-order valence-corrected chi connectivity index (χ2v) is 11.0. The maximum atomic E-state index is 13.9. The summed E-state index contributed by atoms with van der Waals surface area (Å²) in [6.45, 7) is 5.12. The van der Waals surface area contributed by atoms with E-state index in [4.69, 9.17) is 11.6 Å². The molecule has 0 radical (unpaired) electrons. The normalized spacial score (nSPS) is 12.0. The van der Waals surface area contributed by atoms with Crippen LogP contribution < -0.4 is 9.62 Å². The number of para-hydroxylation sites is 1. The van der Waals surface area contributed by atoms with E-state index in [1.54, 1.807) is 45.0 Å². The van der Waals surface area contributed by atoms with Crippen molar-refractivity contribution in [2.75, 3.05) is 17.4 Å². The lowest BCUT2D eigenvalue weighted by Crippen LogP contribution is -2.52. The van der Waals surface area contributed by atoms with Gasteiger partial charge in [-0.05, 0) is 73.9 Å². The maximum absolute atomic E-state index is 13.9. The summed E-state index contributed by atoms with van der Waals surface area (Å²) in [7, 11) is -4.19. The number of benzene rings is 3. The molecule has 0 unspecified atom stereocenters. The molecule has 0 spiro atoms. The maximum Gasteiger partial charge on any atom is 0.264 e. The van der Waals surface area contributed by atoms with Crippen molar-refractivity contribution in [2.45, 2.75) is 44.7 Å². The van der Waals surface area contributed by atoms with Crippen LogP contribution in [0.5, 0.6) is 0 Å². The third-order valence-electron chi connectivity index (χ3n) is 6.07. The molecule has 0 aliphatic rings. The van der Waals surface area contributed by atoms with Crippen molar-refractivity contribution >= 4 is 39.1 Å². The molecule has 0 bridgehead atoms. The Bertz CT molecular complexity index is 1370. The van der Waals surface area contributed by atoms with E-state index in [0.717, 1.165) is 4.31 Å². The van der Waals surface area contributed by atoms with Gasteiger partial charge in [-0.1, -0.05) is 48.9 Å². The lowest BCUT2D eigenvalue weighted by molar-refractivity contribution is -0.140. The zero-order valence-corrected chi connectivity index (χ0v) is 23.1. The van der Waals surface area contributed by atoms with Gasteiger partial charge in [0.1, 0.15) is 18.4 Å². The minimum atomic E-state index is -4.19. The van der Waals surface area contributed by atoms with Gasteiger partial charge in [0.2, 0.25) is 11.8 Å². The third-order valence-corrected chi connectivity index (χ3v) is 8.09. The number of sulfonamides is 1. The van der Waals surface area contributed by atoms with Crippen molar-refractivity contribution in [1.29, 1.82) is 0 Å². The van der Waals surface area contributed by atoms with Gasteiger partial charge in [-0.2, -0.15) is 0 Å². The van der Waals surface area contributed by atoms with Crippen LogP contribution in [0.3, 0.4) is 0 Å². The molecule has 202 valence electrons. The van der Waals surface area contributed by atoms with E-state index >= 15 is 0 Å². The van der Waals surface area contributed by atoms with Gasteiger partial charge in [-0.25, -0.2) is 12.8 Å². The number of halogens is 2. The predicted molar refractivity (Wildman–Crippen MR) is 147 cm³/mol. The number of likely N-dealkylation sites (N-methyl/N-ethyl adjacent to an activating group) is 1. The Morgan fingerprint density at radius 2 is 1.61 bits per heavy atom. The topological polar surface area (TPSA) is 86.8 Å². The van der Waals surface area contributed by atoms with Crippen molar-refractivity contribution < 1.29 is 22.4 Å². The second-order valence-electron chi connectivity index (χ2n) is 8.72. The highest BCUT2D eigenvalue weighted by molar-refractivity contribution is 7.92. The summed E-state index contributed by atoms with van der Waals surface area (Å²) in [6.07, 6.45) is 0.299. The standard InChI is InChI=1S/C28H31ClFN3O4S/c1-4-25(28(35)31-5-2)32(18-21-10-14-23(30)15-11-21)27(34)19-33(26-9-7-6-8-20(26)3)38(36,37)24-16-12-22(29)13-17-24/h6-17,25H,4-5,18-19H2,1-3H3,(H,31,35)/t25-/m1/s1. The predicted octanol–water partition coefficient (Wildman–Crippen LogP) is 4.93. The van der Waals surface area contributed by atoms with Crippen LogP contribution in [0.25, 0.3) is 0 Å². The fourth-order valence-corrected chi connectivity index (χ4v) is 5.69. The highest BCUT2D eigenvalue weighted by Gasteiger charge is 2.34. The van der Waals surface area contributed by atoms with Crippen molar-refractivity contribution in [3.63, 3.8) is 0 Å². The average molecular weight is 560 g/mol. The first-order valence-electron chi connectivity index (χ1n) is 12.2. The van der Waals surface area contributed by atoms with Crippen LogP contribution in [0.4, 0.5) is 10.1 Å². The first kappa shape index (κ1) is 29.1. The van der Waals surface area contributed by atoms with Crippen LogP contribution in [0.15, 0.2) is 77.7 Å². The van der Waals surface area contributed by atoms with Gasteiger partial charge in [-0.3, -0.25) is 13.9 Å². The molecule has 0 aliphatic heterocycles. The van der Waals surface area contributed by atoms with E-state index in [9.17, 15) is 22.4 Å². The molecule has 3 rings (SSSR count). The zero-order valence-electron chi connectivity index (χ0n) is 21.5. The number of rotatable bonds is 11. The molecule has 3 aromatic rings. The first-order chi connectivity index (χ1) is 18.1. The van der Waals surface area contributed by atoms with E-state index in [-0.39, 0.29) is 17.3 Å². The smallest absolute Gasteiger partial charge is 0.264 e. The molecule has 1 N–H and O–H groups in total. The number of carbonyl (C=O) groups is 2. The number of hydrogen-bond donors (Lipinski definition) is 1. The van der Waals surface area contributed by atoms with Crippen LogP contribution in [0.1, 0.15) is 31.4 Å². The number of nitrogens with zero attached hydrogens (tertiary/aromatic N) is 2. The van der Waals surface area contributed by atoms with E-state index in [0.29, 0.717) is 34.8 Å². The number of anilines is 1. The molecule has 0 fully saturated rings. The highest BCUT2D eigenvalue weighted by atomic mass is 35.5. The molecule has 0 aliphatic carbocycles. The van der Waals surface area contributed by atoms with E-state index in [2.05, 4.69) is 5.32 Å². The zero-order chi connectivity index (χ0) is 27.9. The fraction of sp³-hybridized carbons (Fsp3) is 0.286. The number of carbonyl (C=O) groups excluding carboxylic acids is 2. The number of nitrogens with one attached hydrogen (secondary N) is 1. The Morgan fingerprint density at radius 1 is 0.974 bits per heavy atom. The summed E-state index contributed by atoms with van der Waals surface area (Å²) in [4.78, 5) is 28.1. The minimum absolute atomic E-state index is 0.00262. The van der Waals surface area contributed by atoms with Crippen LogP contribution in [0.2, 0.25) is 5.02 Å². The van der Waals surface area contributed by atoms with Crippen LogP contribution in [0, 0.1) is 12.7 Å². The minimum Gasteiger partial charge on any atom is -0.355 e. The number of amides is 2. The lowest BCUT2D eigenvalue weighted by Gasteiger charge is -2.33. The lowest BCUT2D eigenvalue weighted by atomic mass is 10.1. The van der Waals surface area contributed by atoms with E-state index < -0.39 is 34.3 Å². The molecule has 7 nitrogen and oxygen atoms in total. The van der Waals surface area contributed by atoms with Crippen LogP contribution >= 0.6 is 11.6 Å². The molecule has 10 heteroatoms. The highest BCUT2D eigenvalue weighted by Crippen LogP contribution is 2.28. The van der Waals surface area contributed by atoms with Crippen LogP contribution in [-0.2, 0) is 26.2 Å². The average Bonchev–Trinajstić information content (AvgIpc) is 2.89. The molecule has 0 heterocycles. The first-order valence-corrected chi connectivity index (χ1v) is 14.1. The Labute approximate surface area is 228 Å². The van der Waals surface area contributed by atoms with Gasteiger partial charge < -0.3 is 10.2 Å². The molecule has 2 amide bonds. The van der Waals surface area contributed by atoms with Crippen LogP contribution in [-0.4, -0.2) is 44.3 Å². The number of aryl methyl sites for hydroxylation is 1. The van der Waals surface area contributed by atoms with Gasteiger partial charge in [0, 0.05) is 18.1 Å². The summed E-state index contributed by atoms with van der Waals surface area (Å²) >= 11 is 5.97. The molecular weight excluding hydrogens is 529 g/mol. The number of hydrogen-bond acceptors (Lipinski definition) is 4. The van der Waals surface area contributed by atoms with E-state index in [1.807, 2.05) is 0 Å². The van der Waals surface area contributed by atoms with Crippen molar-refractivity contribution in [3.8, 4) is 0 Å². The van der Waals surface area contributed by atoms with Gasteiger partial charge in [0.05, 0.1) is 10.6 Å². The molecule has 0 saturated carbocycles. The Morgan fingerprint density at radius 3 is 2.18 bits per heavy atom. The Balaban J connectivity index is 2.06. The summed E-state index contributed by atoms with van der Waals surface area (Å²) < 4.78 is 42.2. The molecule has 0 aromatic heterocycles. The van der Waals surface area contributed by atoms with Gasteiger partial charge in [-0.15, -0.1) is 0 Å². The van der Waals surface area contributed by atoms with Crippen molar-refractivity contribution in [1.82, 2.24) is 10.2 Å². The van der Waals surface area contributed by atoms with Gasteiger partial charge in [0.15, 0.2) is 0 Å². The SMILES string of the molecule is CCNC(=O)[C@@H](CC)N(Cc1ccc(F)cc1)C(=O)CN(c1ccccc1C)S(=O)(=O)c1ccc(Cl)cc1. The Kier molecular flexibility index (Phi) is 9.88. The van der Waals surface area contributed by atoms with E-state index in [1.165, 1.54) is 53.4 Å². The Hall–Kier alpha value is -3.43. The van der Waals surface area contributed by atoms with Gasteiger partial charge >= 0.3 is 0 Å². The summed E-state index contributed by atoms with van der Waals surface area (Å²) in [5.41, 5.74) is 1.59. The second kappa shape index (κ2) is 12.9. The summed E-state index contributed by atoms with van der Waals surface area (Å²) in [5.74, 6) is -1.36. The molecular formula is C28H31ClFN3O4S. The largest absolute Gasteiger partial charge is 0.355 e. The van der Waals surface area contributed by atoms with Crippen molar-refractivity contribution in [2.24, 2.45) is 0 Å².